The van der Waals surface area contributed by atoms with Crippen molar-refractivity contribution in [3.8, 4) is 0 Å². The molecule has 1 aromatic rings. The van der Waals surface area contributed by atoms with Gasteiger partial charge in [-0.2, -0.15) is 0 Å². The highest BCUT2D eigenvalue weighted by molar-refractivity contribution is 7.08. The number of thiophene rings is 1. The molecule has 3 nitrogen and oxygen atoms in total. The molecule has 0 fully saturated rings. The lowest BCUT2D eigenvalue weighted by Gasteiger charge is -1.87. The van der Waals surface area contributed by atoms with Crippen molar-refractivity contribution in [2.24, 2.45) is 4.99 Å². The van der Waals surface area contributed by atoms with Crippen molar-refractivity contribution in [2.45, 2.75) is 0 Å². The molecule has 1 aliphatic rings. The molecule has 2 heterocycles. The van der Waals surface area contributed by atoms with Crippen molar-refractivity contribution in [1.29, 1.82) is 0 Å². The second kappa shape index (κ2) is 3.59. The van der Waals surface area contributed by atoms with Crippen LogP contribution in [0, 0.1) is 0 Å². The van der Waals surface area contributed by atoms with E-state index in [0.29, 0.717) is 5.56 Å². The zero-order valence-corrected chi connectivity index (χ0v) is 7.99. The standard InChI is InChI=1S/C10H7NO2S/c12-10(13)8-6-14-9-5-11-4-2-1-3-7(8)9/h1-6H,(H,12,13). The van der Waals surface area contributed by atoms with Crippen molar-refractivity contribution in [3.05, 3.63) is 32.8 Å². The average molecular weight is 205 g/mol. The summed E-state index contributed by atoms with van der Waals surface area (Å²) in [6.45, 7) is 0. The van der Waals surface area contributed by atoms with E-state index in [2.05, 4.69) is 4.99 Å². The Morgan fingerprint density at radius 1 is 1.43 bits per heavy atom. The first-order valence-electron chi connectivity index (χ1n) is 4.00. The summed E-state index contributed by atoms with van der Waals surface area (Å²) in [6.07, 6.45) is 8.68. The van der Waals surface area contributed by atoms with Crippen LogP contribution in [0.1, 0.15) is 10.4 Å². The number of allylic oxidation sites excluding steroid dienone is 2. The monoisotopic (exact) mass is 205 g/mol. The highest BCUT2D eigenvalue weighted by atomic mass is 32.1. The molecule has 1 aliphatic heterocycles. The average Bonchev–Trinajstić information content (AvgIpc) is 2.47. The van der Waals surface area contributed by atoms with E-state index in [0.717, 1.165) is 9.75 Å². The molecule has 70 valence electrons. The number of aliphatic imine (C=N–C) groups is 1. The lowest BCUT2D eigenvalue weighted by Crippen LogP contribution is -2.24. The maximum atomic E-state index is 10.8. The second-order valence-corrected chi connectivity index (χ2v) is 3.62. The molecule has 0 atom stereocenters. The molecule has 4 heteroatoms. The van der Waals surface area contributed by atoms with Gasteiger partial charge in [0.2, 0.25) is 0 Å². The molecule has 14 heavy (non-hydrogen) atoms. The molecule has 1 N–H and O–H groups in total. The summed E-state index contributed by atoms with van der Waals surface area (Å²) < 4.78 is 0.878. The van der Waals surface area contributed by atoms with E-state index in [1.54, 1.807) is 36.0 Å². The van der Waals surface area contributed by atoms with Gasteiger partial charge in [0.25, 0.3) is 0 Å². The number of carboxylic acids is 1. The van der Waals surface area contributed by atoms with Gasteiger partial charge < -0.3 is 5.11 Å². The first kappa shape index (κ1) is 8.90. The Hall–Kier alpha value is -1.68. The molecule has 0 aromatic carbocycles. The van der Waals surface area contributed by atoms with Crippen LogP contribution in [0.25, 0.3) is 12.3 Å². The third kappa shape index (κ3) is 1.52. The molecule has 0 unspecified atom stereocenters. The molecule has 0 saturated carbocycles. The maximum absolute atomic E-state index is 10.8. The lowest BCUT2D eigenvalue weighted by atomic mass is 10.2. The zero-order valence-electron chi connectivity index (χ0n) is 7.18. The summed E-state index contributed by atoms with van der Waals surface area (Å²) in [7, 11) is 0. The molecule has 0 aliphatic carbocycles. The van der Waals surface area contributed by atoms with Crippen molar-refractivity contribution in [3.63, 3.8) is 0 Å². The van der Waals surface area contributed by atoms with Gasteiger partial charge >= 0.3 is 5.97 Å². The Morgan fingerprint density at radius 2 is 2.29 bits per heavy atom. The molecule has 0 bridgehead atoms. The summed E-state index contributed by atoms with van der Waals surface area (Å²) in [5, 5.41) is 11.3. The van der Waals surface area contributed by atoms with Crippen molar-refractivity contribution >= 4 is 35.8 Å². The van der Waals surface area contributed by atoms with E-state index < -0.39 is 5.97 Å². The highest BCUT2D eigenvalue weighted by Crippen LogP contribution is 1.95. The first-order valence-corrected chi connectivity index (χ1v) is 4.88. The summed E-state index contributed by atoms with van der Waals surface area (Å²) in [5.74, 6) is -0.898. The number of carboxylic acid groups (broad SMARTS) is 1. The minimum atomic E-state index is -0.898. The number of aromatic carboxylic acids is 1. The molecule has 0 amide bonds. The maximum Gasteiger partial charge on any atom is 0.337 e. The third-order valence-electron chi connectivity index (χ3n) is 1.83. The summed E-state index contributed by atoms with van der Waals surface area (Å²) >= 11 is 1.39. The molecular weight excluding hydrogens is 198 g/mol. The molecule has 0 spiro atoms. The number of hydrogen-bond acceptors (Lipinski definition) is 3. The van der Waals surface area contributed by atoms with E-state index in [1.165, 1.54) is 11.3 Å². The Balaban J connectivity index is 2.79. The van der Waals surface area contributed by atoms with Gasteiger partial charge in [-0.25, -0.2) is 4.79 Å². The summed E-state index contributed by atoms with van der Waals surface area (Å²) in [4.78, 5) is 14.8. The van der Waals surface area contributed by atoms with Gasteiger partial charge in [0, 0.05) is 23.0 Å². The smallest absolute Gasteiger partial charge is 0.337 e. The molecular formula is C10H7NO2S. The minimum absolute atomic E-state index is 0.336. The Bertz CT molecular complexity index is 537. The number of rotatable bonds is 1. The molecule has 1 aromatic heterocycles. The van der Waals surface area contributed by atoms with Gasteiger partial charge in [0.05, 0.1) is 10.1 Å². The normalized spacial score (nSPS) is 13.4. The van der Waals surface area contributed by atoms with Gasteiger partial charge in [0.1, 0.15) is 0 Å². The van der Waals surface area contributed by atoms with Crippen LogP contribution >= 0.6 is 11.3 Å². The summed E-state index contributed by atoms with van der Waals surface area (Å²) in [6, 6.07) is 0. The first-order chi connectivity index (χ1) is 6.79. The molecule has 2 rings (SSSR count). The zero-order chi connectivity index (χ0) is 9.97. The van der Waals surface area contributed by atoms with E-state index in [9.17, 15) is 4.79 Å². The molecule has 0 saturated heterocycles. The molecule has 0 radical (unpaired) electrons. The van der Waals surface area contributed by atoms with Crippen LogP contribution in [0.15, 0.2) is 22.5 Å². The van der Waals surface area contributed by atoms with E-state index >= 15 is 0 Å². The van der Waals surface area contributed by atoms with Crippen LogP contribution < -0.4 is 9.75 Å². The minimum Gasteiger partial charge on any atom is -0.478 e. The lowest BCUT2D eigenvalue weighted by molar-refractivity contribution is 0.0696. The van der Waals surface area contributed by atoms with Crippen LogP contribution in [0.4, 0.5) is 0 Å². The predicted octanol–water partition coefficient (Wildman–Crippen LogP) is 0.605. The fourth-order valence-electron chi connectivity index (χ4n) is 1.18. The van der Waals surface area contributed by atoms with Gasteiger partial charge in [-0.15, -0.1) is 11.3 Å². The van der Waals surface area contributed by atoms with Gasteiger partial charge in [0.15, 0.2) is 0 Å². The topological polar surface area (TPSA) is 49.7 Å². The Kier molecular flexibility index (Phi) is 2.28. The largest absolute Gasteiger partial charge is 0.478 e. The van der Waals surface area contributed by atoms with Crippen molar-refractivity contribution < 1.29 is 9.90 Å². The second-order valence-electron chi connectivity index (χ2n) is 2.71. The number of carbonyl (C=O) groups is 1. The number of hydrogen-bond donors (Lipinski definition) is 1. The Morgan fingerprint density at radius 3 is 3.07 bits per heavy atom. The quantitative estimate of drug-likeness (QED) is 0.730. The van der Waals surface area contributed by atoms with Gasteiger partial charge in [-0.3, -0.25) is 4.99 Å². The van der Waals surface area contributed by atoms with Gasteiger partial charge in [-0.05, 0) is 6.08 Å². The number of fused-ring (bicyclic) bond motifs is 1. The van der Waals surface area contributed by atoms with Crippen molar-refractivity contribution in [1.82, 2.24) is 0 Å². The summed E-state index contributed by atoms with van der Waals surface area (Å²) in [5.41, 5.74) is 0.336. The van der Waals surface area contributed by atoms with Crippen LogP contribution in [0.2, 0.25) is 0 Å². The predicted molar refractivity (Wildman–Crippen MR) is 57.1 cm³/mol. The van der Waals surface area contributed by atoms with Gasteiger partial charge in [-0.1, -0.05) is 12.2 Å². The van der Waals surface area contributed by atoms with E-state index in [4.69, 9.17) is 5.11 Å². The fraction of sp³-hybridized carbons (Fsp3) is 0. The van der Waals surface area contributed by atoms with Crippen LogP contribution in [-0.2, 0) is 0 Å². The third-order valence-corrected chi connectivity index (χ3v) is 2.76. The fourth-order valence-corrected chi connectivity index (χ4v) is 2.08. The SMILES string of the molecule is O=C(O)c1csc2c1=CC=CC=NC=2. The number of nitrogens with zero attached hydrogens (tertiary/aromatic N) is 1. The highest BCUT2D eigenvalue weighted by Gasteiger charge is 2.06. The van der Waals surface area contributed by atoms with Crippen LogP contribution in [0.3, 0.4) is 0 Å². The van der Waals surface area contributed by atoms with Crippen molar-refractivity contribution in [2.75, 3.05) is 0 Å². The van der Waals surface area contributed by atoms with Crippen LogP contribution in [0.5, 0.6) is 0 Å². The van der Waals surface area contributed by atoms with Crippen LogP contribution in [-0.4, -0.2) is 17.3 Å². The van der Waals surface area contributed by atoms with E-state index in [1.807, 2.05) is 0 Å². The Labute approximate surface area is 84.0 Å². The van der Waals surface area contributed by atoms with E-state index in [-0.39, 0.29) is 0 Å².